The molecule has 0 bridgehead atoms. The molecule has 0 aliphatic carbocycles. The number of benzene rings is 2. The van der Waals surface area contributed by atoms with Crippen LogP contribution in [0, 0.1) is 0 Å². The largest absolute Gasteiger partial charge is 0.494 e. The Morgan fingerprint density at radius 1 is 0.905 bits per heavy atom. The average Bonchev–Trinajstić information content (AvgIpc) is 2.66. The van der Waals surface area contributed by atoms with Crippen LogP contribution < -0.4 is 11.2 Å². The van der Waals surface area contributed by atoms with Gasteiger partial charge in [0, 0.05) is 6.54 Å². The van der Waals surface area contributed by atoms with Gasteiger partial charge >= 0.3 is 7.12 Å². The second-order valence-corrected chi connectivity index (χ2v) is 6.73. The van der Waals surface area contributed by atoms with Gasteiger partial charge in [0.2, 0.25) is 0 Å². The van der Waals surface area contributed by atoms with E-state index in [9.17, 15) is 0 Å². The molecule has 4 heteroatoms. The van der Waals surface area contributed by atoms with Gasteiger partial charge in [-0.05, 0) is 55.6 Å². The maximum absolute atomic E-state index is 6.10. The molecular weight excluding hydrogens is 261 g/mol. The highest BCUT2D eigenvalue weighted by Crippen LogP contribution is 2.36. The van der Waals surface area contributed by atoms with Crippen molar-refractivity contribution in [3.05, 3.63) is 42.0 Å². The highest BCUT2D eigenvalue weighted by Gasteiger charge is 2.51. The quantitative estimate of drug-likeness (QED) is 0.862. The summed E-state index contributed by atoms with van der Waals surface area (Å²) in [5, 5.41) is 2.37. The van der Waals surface area contributed by atoms with E-state index >= 15 is 0 Å². The van der Waals surface area contributed by atoms with Crippen LogP contribution in [0.4, 0.5) is 0 Å². The average molecular weight is 283 g/mol. The normalized spacial score (nSPS) is 20.1. The number of hydrogen-bond acceptors (Lipinski definition) is 3. The first-order chi connectivity index (χ1) is 9.82. The van der Waals surface area contributed by atoms with Crippen LogP contribution in [0.1, 0.15) is 33.3 Å². The Kier molecular flexibility index (Phi) is 3.36. The van der Waals surface area contributed by atoms with Gasteiger partial charge in [-0.15, -0.1) is 0 Å². The first-order valence-corrected chi connectivity index (χ1v) is 7.41. The van der Waals surface area contributed by atoms with Crippen LogP contribution in [0.2, 0.25) is 0 Å². The van der Waals surface area contributed by atoms with Crippen LogP contribution in [-0.2, 0) is 15.9 Å². The van der Waals surface area contributed by atoms with Crippen molar-refractivity contribution in [2.24, 2.45) is 5.73 Å². The van der Waals surface area contributed by atoms with Crippen LogP contribution in [0.25, 0.3) is 10.8 Å². The van der Waals surface area contributed by atoms with Crippen molar-refractivity contribution < 1.29 is 9.31 Å². The zero-order valence-electron chi connectivity index (χ0n) is 13.1. The van der Waals surface area contributed by atoms with Gasteiger partial charge in [-0.3, -0.25) is 0 Å². The third-order valence-corrected chi connectivity index (χ3v) is 4.69. The fourth-order valence-electron chi connectivity index (χ4n) is 2.57. The van der Waals surface area contributed by atoms with Crippen LogP contribution in [-0.4, -0.2) is 18.3 Å². The van der Waals surface area contributed by atoms with Crippen LogP contribution in [0.3, 0.4) is 0 Å². The molecule has 1 fully saturated rings. The Balaban J connectivity index is 1.96. The molecule has 0 unspecified atom stereocenters. The molecule has 1 aliphatic heterocycles. The Morgan fingerprint density at radius 3 is 2.10 bits per heavy atom. The zero-order valence-corrected chi connectivity index (χ0v) is 13.1. The standard InChI is InChI=1S/C17H22BNO2/c1-16(2)17(3,4)21-18(20-16)15-8-7-13-9-12(11-19)5-6-14(13)10-15/h5-10H,11,19H2,1-4H3. The van der Waals surface area contributed by atoms with E-state index in [1.807, 2.05) is 0 Å². The maximum Gasteiger partial charge on any atom is 0.494 e. The first-order valence-electron chi connectivity index (χ1n) is 7.41. The van der Waals surface area contributed by atoms with Crippen molar-refractivity contribution in [1.82, 2.24) is 0 Å². The molecule has 0 amide bonds. The van der Waals surface area contributed by atoms with Crippen molar-refractivity contribution >= 4 is 23.4 Å². The molecule has 110 valence electrons. The molecule has 0 saturated carbocycles. The summed E-state index contributed by atoms with van der Waals surface area (Å²) in [7, 11) is -0.311. The van der Waals surface area contributed by atoms with Crippen molar-refractivity contribution in [2.45, 2.75) is 45.4 Å². The van der Waals surface area contributed by atoms with E-state index < -0.39 is 0 Å². The van der Waals surface area contributed by atoms with Crippen molar-refractivity contribution in [2.75, 3.05) is 0 Å². The minimum absolute atomic E-state index is 0.309. The van der Waals surface area contributed by atoms with E-state index in [0.717, 1.165) is 11.0 Å². The van der Waals surface area contributed by atoms with Gasteiger partial charge in [-0.25, -0.2) is 0 Å². The fraction of sp³-hybridized carbons (Fsp3) is 0.412. The number of fused-ring (bicyclic) bond motifs is 1. The lowest BCUT2D eigenvalue weighted by atomic mass is 9.78. The molecule has 2 aromatic rings. The Hall–Kier alpha value is -1.36. The van der Waals surface area contributed by atoms with Gasteiger partial charge in [0.05, 0.1) is 11.2 Å². The van der Waals surface area contributed by atoms with E-state index in [2.05, 4.69) is 64.1 Å². The highest BCUT2D eigenvalue weighted by atomic mass is 16.7. The maximum atomic E-state index is 6.10. The van der Waals surface area contributed by atoms with Gasteiger partial charge in [0.25, 0.3) is 0 Å². The molecule has 1 aliphatic rings. The Bertz CT molecular complexity index is 666. The second-order valence-electron chi connectivity index (χ2n) is 6.73. The highest BCUT2D eigenvalue weighted by molar-refractivity contribution is 6.62. The summed E-state index contributed by atoms with van der Waals surface area (Å²) in [5.74, 6) is 0. The van der Waals surface area contributed by atoms with E-state index in [1.54, 1.807) is 0 Å². The molecule has 0 aromatic heterocycles. The SMILES string of the molecule is CC1(C)OB(c2ccc3cc(CN)ccc3c2)OC1(C)C. The molecule has 3 nitrogen and oxygen atoms in total. The van der Waals surface area contributed by atoms with Gasteiger partial charge in [0.15, 0.2) is 0 Å². The molecule has 0 atom stereocenters. The van der Waals surface area contributed by atoms with E-state index in [4.69, 9.17) is 15.0 Å². The number of rotatable bonds is 2. The summed E-state index contributed by atoms with van der Waals surface area (Å²) >= 11 is 0. The molecule has 2 aromatic carbocycles. The summed E-state index contributed by atoms with van der Waals surface area (Å²) in [4.78, 5) is 0. The predicted molar refractivity (Wildman–Crippen MR) is 87.6 cm³/mol. The van der Waals surface area contributed by atoms with E-state index in [0.29, 0.717) is 6.54 Å². The third-order valence-electron chi connectivity index (χ3n) is 4.69. The van der Waals surface area contributed by atoms with Crippen molar-refractivity contribution in [1.29, 1.82) is 0 Å². The summed E-state index contributed by atoms with van der Waals surface area (Å²) in [6.45, 7) is 8.85. The Labute approximate surface area is 126 Å². The van der Waals surface area contributed by atoms with E-state index in [-0.39, 0.29) is 18.3 Å². The smallest absolute Gasteiger partial charge is 0.399 e. The number of nitrogens with two attached hydrogens (primary N) is 1. The van der Waals surface area contributed by atoms with Crippen LogP contribution in [0.15, 0.2) is 36.4 Å². The molecule has 1 heterocycles. The molecule has 21 heavy (non-hydrogen) atoms. The third kappa shape index (κ3) is 2.48. The van der Waals surface area contributed by atoms with E-state index in [1.165, 1.54) is 10.8 Å². The van der Waals surface area contributed by atoms with Gasteiger partial charge in [0.1, 0.15) is 0 Å². The second kappa shape index (κ2) is 4.84. The van der Waals surface area contributed by atoms with Crippen LogP contribution in [0.5, 0.6) is 0 Å². The predicted octanol–water partition coefficient (Wildman–Crippen LogP) is 2.60. The number of hydrogen-bond donors (Lipinski definition) is 1. The summed E-state index contributed by atoms with van der Waals surface area (Å²) in [6, 6.07) is 12.6. The molecule has 0 spiro atoms. The fourth-order valence-corrected chi connectivity index (χ4v) is 2.57. The summed E-state index contributed by atoms with van der Waals surface area (Å²) in [5.41, 5.74) is 7.27. The van der Waals surface area contributed by atoms with Crippen molar-refractivity contribution in [3.8, 4) is 0 Å². The monoisotopic (exact) mass is 283 g/mol. The lowest BCUT2D eigenvalue weighted by Crippen LogP contribution is -2.41. The molecule has 0 radical (unpaired) electrons. The topological polar surface area (TPSA) is 44.5 Å². The molecule has 2 N–H and O–H groups in total. The van der Waals surface area contributed by atoms with Gasteiger partial charge in [-0.1, -0.05) is 30.3 Å². The Morgan fingerprint density at radius 2 is 1.48 bits per heavy atom. The molecule has 1 saturated heterocycles. The van der Waals surface area contributed by atoms with Gasteiger partial charge < -0.3 is 15.0 Å². The first kappa shape index (κ1) is 14.6. The molecular formula is C17H22BNO2. The summed E-state index contributed by atoms with van der Waals surface area (Å²) in [6.07, 6.45) is 0. The summed E-state index contributed by atoms with van der Waals surface area (Å²) < 4.78 is 12.2. The lowest BCUT2D eigenvalue weighted by Gasteiger charge is -2.32. The van der Waals surface area contributed by atoms with Crippen molar-refractivity contribution in [3.63, 3.8) is 0 Å². The van der Waals surface area contributed by atoms with Gasteiger partial charge in [-0.2, -0.15) is 0 Å². The zero-order chi connectivity index (χ0) is 15.3. The minimum atomic E-state index is -0.311. The van der Waals surface area contributed by atoms with Crippen LogP contribution >= 0.6 is 0 Å². The lowest BCUT2D eigenvalue weighted by molar-refractivity contribution is 0.00578. The minimum Gasteiger partial charge on any atom is -0.399 e. The molecule has 3 rings (SSSR count).